The number of amides is 1. The summed E-state index contributed by atoms with van der Waals surface area (Å²) in [5, 5.41) is 30.5. The van der Waals surface area contributed by atoms with Crippen molar-refractivity contribution < 1.29 is 29.5 Å². The summed E-state index contributed by atoms with van der Waals surface area (Å²) in [6.07, 6.45) is 0. The number of carbonyl (C=O) groups is 3. The predicted octanol–water partition coefficient (Wildman–Crippen LogP) is 0.950. The molecule has 0 aromatic heterocycles. The number of aromatic carboxylic acids is 2. The second-order valence-electron chi connectivity index (χ2n) is 3.46. The van der Waals surface area contributed by atoms with Crippen molar-refractivity contribution >= 4 is 29.2 Å². The SMILES string of the molecule is CC(=O)Nc1cc([N+](=O)[O-])c(C(=O)O)cc1C(=O)O. The van der Waals surface area contributed by atoms with Crippen molar-refractivity contribution in [3.05, 3.63) is 33.4 Å². The molecule has 0 bridgehead atoms. The molecule has 1 aromatic rings. The van der Waals surface area contributed by atoms with Gasteiger partial charge in [-0.3, -0.25) is 14.9 Å². The summed E-state index contributed by atoms with van der Waals surface area (Å²) in [6, 6.07) is 1.34. The lowest BCUT2D eigenvalue weighted by Gasteiger charge is -2.08. The van der Waals surface area contributed by atoms with Crippen molar-refractivity contribution in [2.24, 2.45) is 0 Å². The van der Waals surface area contributed by atoms with Gasteiger partial charge in [0.2, 0.25) is 5.91 Å². The smallest absolute Gasteiger partial charge is 0.342 e. The maximum Gasteiger partial charge on any atom is 0.342 e. The first-order valence-corrected chi connectivity index (χ1v) is 4.80. The number of nitro benzene ring substituents is 1. The van der Waals surface area contributed by atoms with Gasteiger partial charge in [-0.25, -0.2) is 9.59 Å². The van der Waals surface area contributed by atoms with E-state index in [1.54, 1.807) is 0 Å². The highest BCUT2D eigenvalue weighted by atomic mass is 16.6. The Hall–Kier alpha value is -2.97. The van der Waals surface area contributed by atoms with Gasteiger partial charge in [-0.2, -0.15) is 0 Å². The Balaban J connectivity index is 3.59. The van der Waals surface area contributed by atoms with Crippen LogP contribution in [-0.2, 0) is 4.79 Å². The number of carboxylic acid groups (broad SMARTS) is 2. The third-order valence-corrected chi connectivity index (χ3v) is 2.10. The van der Waals surface area contributed by atoms with Gasteiger partial charge in [-0.05, 0) is 6.07 Å². The van der Waals surface area contributed by atoms with Crippen molar-refractivity contribution in [3.8, 4) is 0 Å². The molecule has 3 N–H and O–H groups in total. The van der Waals surface area contributed by atoms with E-state index < -0.39 is 39.6 Å². The highest BCUT2D eigenvalue weighted by Crippen LogP contribution is 2.27. The number of benzene rings is 1. The number of carbonyl (C=O) groups excluding carboxylic acids is 1. The Morgan fingerprint density at radius 2 is 1.68 bits per heavy atom. The zero-order valence-electron chi connectivity index (χ0n) is 9.54. The third kappa shape index (κ3) is 3.03. The maximum absolute atomic E-state index is 10.9. The number of nitrogens with one attached hydrogen (secondary N) is 1. The minimum atomic E-state index is -1.64. The average molecular weight is 268 g/mol. The fraction of sp³-hybridized carbons (Fsp3) is 0.100. The first-order valence-electron chi connectivity index (χ1n) is 4.80. The van der Waals surface area contributed by atoms with Crippen LogP contribution in [0.1, 0.15) is 27.6 Å². The fourth-order valence-corrected chi connectivity index (χ4v) is 1.38. The van der Waals surface area contributed by atoms with Gasteiger partial charge in [0.1, 0.15) is 5.56 Å². The summed E-state index contributed by atoms with van der Waals surface area (Å²) in [4.78, 5) is 42.4. The molecule has 19 heavy (non-hydrogen) atoms. The van der Waals surface area contributed by atoms with Crippen LogP contribution >= 0.6 is 0 Å². The molecule has 0 saturated carbocycles. The highest BCUT2D eigenvalue weighted by Gasteiger charge is 2.25. The van der Waals surface area contributed by atoms with Crippen molar-refractivity contribution in [1.29, 1.82) is 0 Å². The van der Waals surface area contributed by atoms with Gasteiger partial charge in [0.15, 0.2) is 0 Å². The van der Waals surface area contributed by atoms with E-state index >= 15 is 0 Å². The first-order chi connectivity index (χ1) is 8.73. The van der Waals surface area contributed by atoms with Gasteiger partial charge in [-0.15, -0.1) is 0 Å². The molecule has 0 spiro atoms. The van der Waals surface area contributed by atoms with Gasteiger partial charge < -0.3 is 15.5 Å². The van der Waals surface area contributed by atoms with Crippen LogP contribution in [0, 0.1) is 10.1 Å². The van der Waals surface area contributed by atoms with Gasteiger partial charge in [0.25, 0.3) is 5.69 Å². The van der Waals surface area contributed by atoms with Gasteiger partial charge in [0, 0.05) is 13.0 Å². The second-order valence-corrected chi connectivity index (χ2v) is 3.46. The lowest BCUT2D eigenvalue weighted by atomic mass is 10.1. The van der Waals surface area contributed by atoms with Crippen LogP contribution in [0.4, 0.5) is 11.4 Å². The quantitative estimate of drug-likeness (QED) is 0.543. The van der Waals surface area contributed by atoms with Gasteiger partial charge >= 0.3 is 11.9 Å². The number of anilines is 1. The molecule has 0 aliphatic rings. The molecule has 0 unspecified atom stereocenters. The van der Waals surface area contributed by atoms with E-state index in [2.05, 4.69) is 5.32 Å². The summed E-state index contributed by atoms with van der Waals surface area (Å²) >= 11 is 0. The molecule has 0 saturated heterocycles. The molecule has 0 aliphatic carbocycles. The van der Waals surface area contributed by atoms with E-state index in [-0.39, 0.29) is 5.69 Å². The molecule has 0 aliphatic heterocycles. The maximum atomic E-state index is 10.9. The van der Waals surface area contributed by atoms with Crippen LogP contribution in [0.3, 0.4) is 0 Å². The van der Waals surface area contributed by atoms with Crippen LogP contribution in [0.25, 0.3) is 0 Å². The zero-order chi connectivity index (χ0) is 14.7. The van der Waals surface area contributed by atoms with Crippen molar-refractivity contribution in [2.45, 2.75) is 6.92 Å². The molecule has 100 valence electrons. The standard InChI is InChI=1S/C10H8N2O7/c1-4(13)11-7-3-8(12(18)19)6(10(16)17)2-5(7)9(14)15/h2-3H,1H3,(H,11,13)(H,14,15)(H,16,17). The van der Waals surface area contributed by atoms with E-state index in [4.69, 9.17) is 10.2 Å². The van der Waals surface area contributed by atoms with Crippen LogP contribution < -0.4 is 5.32 Å². The normalized spacial score (nSPS) is 9.74. The molecule has 9 nitrogen and oxygen atoms in total. The Labute approximate surface area is 105 Å². The van der Waals surface area contributed by atoms with E-state index in [0.29, 0.717) is 12.1 Å². The van der Waals surface area contributed by atoms with Gasteiger partial charge in [0.05, 0.1) is 16.2 Å². The Bertz CT molecular complexity index is 594. The summed E-state index contributed by atoms with van der Waals surface area (Å²) < 4.78 is 0. The topological polar surface area (TPSA) is 147 Å². The number of carboxylic acids is 2. The highest BCUT2D eigenvalue weighted by molar-refractivity contribution is 6.04. The molecule has 0 heterocycles. The number of hydrogen-bond donors (Lipinski definition) is 3. The molecule has 1 rings (SSSR count). The van der Waals surface area contributed by atoms with Crippen LogP contribution in [0.15, 0.2) is 12.1 Å². The molecule has 1 amide bonds. The molecule has 0 radical (unpaired) electrons. The van der Waals surface area contributed by atoms with E-state index in [0.717, 1.165) is 6.92 Å². The van der Waals surface area contributed by atoms with Gasteiger partial charge in [-0.1, -0.05) is 0 Å². The molecule has 9 heteroatoms. The number of nitrogens with zero attached hydrogens (tertiary/aromatic N) is 1. The number of hydrogen-bond acceptors (Lipinski definition) is 5. The second kappa shape index (κ2) is 5.12. The molecule has 1 aromatic carbocycles. The monoisotopic (exact) mass is 268 g/mol. The lowest BCUT2D eigenvalue weighted by molar-refractivity contribution is -0.385. The van der Waals surface area contributed by atoms with Crippen LogP contribution in [-0.4, -0.2) is 33.0 Å². The van der Waals surface area contributed by atoms with Crippen LogP contribution in [0.2, 0.25) is 0 Å². The van der Waals surface area contributed by atoms with Crippen molar-refractivity contribution in [2.75, 3.05) is 5.32 Å². The van der Waals surface area contributed by atoms with E-state index in [1.807, 2.05) is 0 Å². The Morgan fingerprint density at radius 3 is 2.05 bits per heavy atom. The summed E-state index contributed by atoms with van der Waals surface area (Å²) in [5.74, 6) is -3.79. The largest absolute Gasteiger partial charge is 0.478 e. The molecular weight excluding hydrogens is 260 g/mol. The van der Waals surface area contributed by atoms with E-state index in [1.165, 1.54) is 0 Å². The summed E-state index contributed by atoms with van der Waals surface area (Å²) in [6.45, 7) is 1.09. The molecule has 0 fully saturated rings. The fourth-order valence-electron chi connectivity index (χ4n) is 1.38. The third-order valence-electron chi connectivity index (χ3n) is 2.10. The molecule has 0 atom stereocenters. The summed E-state index contributed by atoms with van der Waals surface area (Å²) in [7, 11) is 0. The summed E-state index contributed by atoms with van der Waals surface area (Å²) in [5.41, 5.74) is -2.45. The van der Waals surface area contributed by atoms with Crippen molar-refractivity contribution in [3.63, 3.8) is 0 Å². The van der Waals surface area contributed by atoms with E-state index in [9.17, 15) is 24.5 Å². The minimum Gasteiger partial charge on any atom is -0.478 e. The average Bonchev–Trinajstić information content (AvgIpc) is 2.26. The van der Waals surface area contributed by atoms with Crippen molar-refractivity contribution in [1.82, 2.24) is 0 Å². The Morgan fingerprint density at radius 1 is 1.16 bits per heavy atom. The molecular formula is C10H8N2O7. The predicted molar refractivity (Wildman–Crippen MR) is 61.3 cm³/mol. The first kappa shape index (κ1) is 14.1. The number of rotatable bonds is 4. The lowest BCUT2D eigenvalue weighted by Crippen LogP contribution is -2.13. The van der Waals surface area contributed by atoms with Crippen LogP contribution in [0.5, 0.6) is 0 Å². The number of nitro groups is 1. The minimum absolute atomic E-state index is 0.336. The zero-order valence-corrected chi connectivity index (χ0v) is 9.54. The Kier molecular flexibility index (Phi) is 3.80.